The van der Waals surface area contributed by atoms with E-state index < -0.39 is 0 Å². The molecule has 3 N–H and O–H groups in total. The molecule has 0 spiro atoms. The van der Waals surface area contributed by atoms with E-state index in [1.165, 1.54) is 0 Å². The Kier molecular flexibility index (Phi) is 4.69. The van der Waals surface area contributed by atoms with Gasteiger partial charge in [-0.05, 0) is 6.08 Å². The first-order valence-electron chi connectivity index (χ1n) is 3.78. The van der Waals surface area contributed by atoms with Crippen molar-refractivity contribution in [2.24, 2.45) is 0 Å². The maximum Gasteiger partial charge on any atom is 0.0587 e. The Bertz CT molecular complexity index is 204. The predicted molar refractivity (Wildman–Crippen MR) is 53.5 cm³/mol. The quantitative estimate of drug-likeness (QED) is 0.523. The summed E-state index contributed by atoms with van der Waals surface area (Å²) in [5.41, 5.74) is 2.61. The molecule has 0 amide bonds. The van der Waals surface area contributed by atoms with Crippen molar-refractivity contribution in [2.45, 2.75) is 0 Å². The molecule has 12 heavy (non-hydrogen) atoms. The van der Waals surface area contributed by atoms with Gasteiger partial charge in [-0.15, -0.1) is 0 Å². The zero-order valence-corrected chi connectivity index (χ0v) is 7.99. The van der Waals surface area contributed by atoms with Crippen molar-refractivity contribution < 1.29 is 0 Å². The van der Waals surface area contributed by atoms with Crippen LogP contribution in [0.15, 0.2) is 36.3 Å². The van der Waals surface area contributed by atoms with Gasteiger partial charge in [0.25, 0.3) is 0 Å². The zero-order valence-electron chi connectivity index (χ0n) is 7.99. The minimum absolute atomic E-state index is 0.842. The van der Waals surface area contributed by atoms with Crippen molar-refractivity contribution in [3.8, 4) is 0 Å². The van der Waals surface area contributed by atoms with Gasteiger partial charge >= 0.3 is 0 Å². The molecule has 0 aromatic rings. The van der Waals surface area contributed by atoms with E-state index >= 15 is 0 Å². The van der Waals surface area contributed by atoms with Crippen LogP contribution in [0, 0.1) is 0 Å². The van der Waals surface area contributed by atoms with Crippen molar-refractivity contribution in [1.82, 2.24) is 16.0 Å². The average Bonchev–Trinajstić information content (AvgIpc) is 2.12. The summed E-state index contributed by atoms with van der Waals surface area (Å²) in [7, 11) is 5.50. The van der Waals surface area contributed by atoms with Crippen LogP contribution in [0.2, 0.25) is 0 Å². The standard InChI is InChI=1S/C9H17N3/c1-7(10-3)6-9(12-5)8(2)11-4/h6,10-12H,1-2H2,3-5H3. The molecule has 0 aliphatic heterocycles. The van der Waals surface area contributed by atoms with Crippen LogP contribution in [0.4, 0.5) is 0 Å². The molecule has 0 saturated carbocycles. The normalized spacial score (nSPS) is 10.4. The molecule has 3 nitrogen and oxygen atoms in total. The maximum atomic E-state index is 3.82. The molecule has 0 atom stereocenters. The monoisotopic (exact) mass is 167 g/mol. The largest absolute Gasteiger partial charge is 0.389 e. The van der Waals surface area contributed by atoms with Crippen LogP contribution in [0.25, 0.3) is 0 Å². The van der Waals surface area contributed by atoms with E-state index in [-0.39, 0.29) is 0 Å². The lowest BCUT2D eigenvalue weighted by Gasteiger charge is -2.10. The van der Waals surface area contributed by atoms with E-state index in [4.69, 9.17) is 0 Å². The summed E-state index contributed by atoms with van der Waals surface area (Å²) >= 11 is 0. The molecule has 0 unspecified atom stereocenters. The highest BCUT2D eigenvalue weighted by atomic mass is 14.9. The van der Waals surface area contributed by atoms with Crippen molar-refractivity contribution in [1.29, 1.82) is 0 Å². The molecular formula is C9H17N3. The molecule has 68 valence electrons. The van der Waals surface area contributed by atoms with E-state index in [1.807, 2.05) is 27.2 Å². The van der Waals surface area contributed by atoms with Gasteiger partial charge in [-0.1, -0.05) is 13.2 Å². The lowest BCUT2D eigenvalue weighted by molar-refractivity contribution is 0.901. The number of allylic oxidation sites excluding steroid dienone is 1. The fourth-order valence-corrected chi connectivity index (χ4v) is 0.691. The van der Waals surface area contributed by atoms with Crippen LogP contribution in [0.5, 0.6) is 0 Å². The molecule has 0 aromatic heterocycles. The lowest BCUT2D eigenvalue weighted by Crippen LogP contribution is -2.17. The molecule has 0 bridgehead atoms. The average molecular weight is 167 g/mol. The molecule has 0 saturated heterocycles. The fraction of sp³-hybridized carbons (Fsp3) is 0.333. The lowest BCUT2D eigenvalue weighted by atomic mass is 10.3. The summed E-state index contributed by atoms with van der Waals surface area (Å²) in [4.78, 5) is 0. The molecule has 0 aromatic carbocycles. The SMILES string of the molecule is C=C(C=C(NC)C(=C)NC)NC. The van der Waals surface area contributed by atoms with Crippen LogP contribution < -0.4 is 16.0 Å². The first-order chi connectivity index (χ1) is 5.65. The van der Waals surface area contributed by atoms with Crippen molar-refractivity contribution >= 4 is 0 Å². The van der Waals surface area contributed by atoms with Gasteiger partial charge in [-0.25, -0.2) is 0 Å². The molecule has 0 aliphatic carbocycles. The van der Waals surface area contributed by atoms with Crippen LogP contribution in [-0.4, -0.2) is 21.1 Å². The molecule has 0 aliphatic rings. The summed E-state index contributed by atoms with van der Waals surface area (Å²) in [6.45, 7) is 7.60. The van der Waals surface area contributed by atoms with E-state index in [0.717, 1.165) is 17.1 Å². The third-order valence-corrected chi connectivity index (χ3v) is 1.54. The summed E-state index contributed by atoms with van der Waals surface area (Å²) in [5.74, 6) is 0. The number of nitrogens with one attached hydrogen (secondary N) is 3. The van der Waals surface area contributed by atoms with E-state index in [9.17, 15) is 0 Å². The van der Waals surface area contributed by atoms with E-state index in [2.05, 4.69) is 29.1 Å². The van der Waals surface area contributed by atoms with Gasteiger partial charge in [-0.2, -0.15) is 0 Å². The second kappa shape index (κ2) is 5.29. The van der Waals surface area contributed by atoms with Gasteiger partial charge in [0.2, 0.25) is 0 Å². The Labute approximate surface area is 74.2 Å². The number of hydrogen-bond acceptors (Lipinski definition) is 3. The summed E-state index contributed by atoms with van der Waals surface area (Å²) in [6, 6.07) is 0. The molecule has 0 rings (SSSR count). The smallest absolute Gasteiger partial charge is 0.0587 e. The summed E-state index contributed by atoms with van der Waals surface area (Å²) in [5, 5.41) is 8.90. The van der Waals surface area contributed by atoms with Crippen LogP contribution >= 0.6 is 0 Å². The van der Waals surface area contributed by atoms with Gasteiger partial charge in [0.05, 0.1) is 11.4 Å². The molecule has 0 heterocycles. The van der Waals surface area contributed by atoms with Crippen molar-refractivity contribution in [2.75, 3.05) is 21.1 Å². The Balaban J connectivity index is 4.43. The van der Waals surface area contributed by atoms with Crippen LogP contribution in [0.3, 0.4) is 0 Å². The number of hydrogen-bond donors (Lipinski definition) is 3. The maximum absolute atomic E-state index is 3.82. The molecule has 0 radical (unpaired) electrons. The highest BCUT2D eigenvalue weighted by Crippen LogP contribution is 2.01. The van der Waals surface area contributed by atoms with E-state index in [0.29, 0.717) is 0 Å². The number of rotatable bonds is 5. The first kappa shape index (κ1) is 10.6. The second-order valence-electron chi connectivity index (χ2n) is 2.31. The van der Waals surface area contributed by atoms with Gasteiger partial charge < -0.3 is 16.0 Å². The highest BCUT2D eigenvalue weighted by molar-refractivity contribution is 5.31. The first-order valence-corrected chi connectivity index (χ1v) is 3.78. The fourth-order valence-electron chi connectivity index (χ4n) is 0.691. The van der Waals surface area contributed by atoms with Crippen molar-refractivity contribution in [3.05, 3.63) is 36.3 Å². The predicted octanol–water partition coefficient (Wildman–Crippen LogP) is 0.556. The minimum atomic E-state index is 0.842. The third kappa shape index (κ3) is 3.14. The Hall–Kier alpha value is -1.38. The highest BCUT2D eigenvalue weighted by Gasteiger charge is 1.96. The van der Waals surface area contributed by atoms with E-state index in [1.54, 1.807) is 0 Å². The van der Waals surface area contributed by atoms with Gasteiger partial charge in [0, 0.05) is 26.8 Å². The third-order valence-electron chi connectivity index (χ3n) is 1.54. The summed E-state index contributed by atoms with van der Waals surface area (Å²) < 4.78 is 0. The van der Waals surface area contributed by atoms with Crippen molar-refractivity contribution in [3.63, 3.8) is 0 Å². The van der Waals surface area contributed by atoms with Gasteiger partial charge in [0.1, 0.15) is 0 Å². The van der Waals surface area contributed by atoms with Crippen LogP contribution in [-0.2, 0) is 0 Å². The second-order valence-corrected chi connectivity index (χ2v) is 2.31. The van der Waals surface area contributed by atoms with Gasteiger partial charge in [0.15, 0.2) is 0 Å². The number of likely N-dealkylation sites (N-methyl/N-ethyl adjacent to an activating group) is 3. The van der Waals surface area contributed by atoms with Gasteiger partial charge in [-0.3, -0.25) is 0 Å². The van der Waals surface area contributed by atoms with Crippen LogP contribution in [0.1, 0.15) is 0 Å². The molecular weight excluding hydrogens is 150 g/mol. The molecule has 3 heteroatoms. The minimum Gasteiger partial charge on any atom is -0.389 e. The zero-order chi connectivity index (χ0) is 9.56. The Morgan fingerprint density at radius 2 is 1.58 bits per heavy atom. The Morgan fingerprint density at radius 3 is 1.92 bits per heavy atom. The summed E-state index contributed by atoms with van der Waals surface area (Å²) in [6.07, 6.45) is 1.89. The topological polar surface area (TPSA) is 36.1 Å². The Morgan fingerprint density at radius 1 is 1.00 bits per heavy atom. The molecule has 0 fully saturated rings.